The predicted molar refractivity (Wildman–Crippen MR) is 109 cm³/mol. The van der Waals surface area contributed by atoms with E-state index in [9.17, 15) is 0 Å². The Balaban J connectivity index is 1.32. The second-order valence-corrected chi connectivity index (χ2v) is 9.33. The molecule has 2 saturated heterocycles. The average Bonchev–Trinajstić information content (AvgIpc) is 3.32. The summed E-state index contributed by atoms with van der Waals surface area (Å²) in [4.78, 5) is 2.51. The van der Waals surface area contributed by atoms with Crippen LogP contribution in [0.5, 0.6) is 5.75 Å². The van der Waals surface area contributed by atoms with Gasteiger partial charge in [-0.1, -0.05) is 18.6 Å². The molecule has 2 aromatic rings. The van der Waals surface area contributed by atoms with Gasteiger partial charge in [-0.3, -0.25) is 4.90 Å². The molecule has 1 atom stereocenters. The molecule has 0 bridgehead atoms. The smallest absolute Gasteiger partial charge is 0.233 e. The first-order valence-electron chi connectivity index (χ1n) is 11.0. The first kappa shape index (κ1) is 19.1. The summed E-state index contributed by atoms with van der Waals surface area (Å²) in [7, 11) is 0. The number of rotatable bonds is 4. The van der Waals surface area contributed by atoms with Gasteiger partial charge in [0.25, 0.3) is 0 Å². The third-order valence-electron chi connectivity index (χ3n) is 6.44. The van der Waals surface area contributed by atoms with Gasteiger partial charge in [0.05, 0.1) is 6.04 Å². The fourth-order valence-corrected chi connectivity index (χ4v) is 4.95. The van der Waals surface area contributed by atoms with Crippen LogP contribution >= 0.6 is 0 Å². The topological polar surface area (TPSA) is 60.6 Å². The maximum absolute atomic E-state index is 6.19. The van der Waals surface area contributed by atoms with Crippen LogP contribution in [0.3, 0.4) is 0 Å². The normalized spacial score (nSPS) is 25.0. The lowest BCUT2D eigenvalue weighted by molar-refractivity contribution is 0.0768. The number of hydrogen-bond donors (Lipinski definition) is 0. The van der Waals surface area contributed by atoms with Gasteiger partial charge in [-0.2, -0.15) is 0 Å². The van der Waals surface area contributed by atoms with Crippen molar-refractivity contribution in [2.75, 3.05) is 19.8 Å². The van der Waals surface area contributed by atoms with Crippen LogP contribution in [0.15, 0.2) is 22.6 Å². The zero-order chi connectivity index (χ0) is 19.8. The Morgan fingerprint density at radius 1 is 1.07 bits per heavy atom. The molecule has 1 aromatic carbocycles. The molecule has 0 radical (unpaired) electrons. The SMILES string of the molecule is CC1(C)Cc2cc(CN3CCCCC3c3nnc(C4CCOCC4)o3)ccc2O1. The van der Waals surface area contributed by atoms with Crippen molar-refractivity contribution in [1.82, 2.24) is 15.1 Å². The number of nitrogens with zero attached hydrogens (tertiary/aromatic N) is 3. The minimum atomic E-state index is -0.0983. The van der Waals surface area contributed by atoms with Crippen molar-refractivity contribution in [2.45, 2.75) is 76.5 Å². The molecule has 2 fully saturated rings. The van der Waals surface area contributed by atoms with Crippen molar-refractivity contribution >= 4 is 0 Å². The molecule has 0 spiro atoms. The molecule has 29 heavy (non-hydrogen) atoms. The minimum absolute atomic E-state index is 0.0983. The summed E-state index contributed by atoms with van der Waals surface area (Å²) >= 11 is 0. The minimum Gasteiger partial charge on any atom is -0.487 e. The van der Waals surface area contributed by atoms with Crippen molar-refractivity contribution in [3.63, 3.8) is 0 Å². The van der Waals surface area contributed by atoms with Gasteiger partial charge in [0, 0.05) is 32.1 Å². The van der Waals surface area contributed by atoms with Crippen molar-refractivity contribution in [3.8, 4) is 5.75 Å². The Bertz CT molecular complexity index is 857. The Kier molecular flexibility index (Phi) is 5.08. The highest BCUT2D eigenvalue weighted by molar-refractivity contribution is 5.41. The van der Waals surface area contributed by atoms with E-state index >= 15 is 0 Å². The van der Waals surface area contributed by atoms with Crippen LogP contribution in [0.2, 0.25) is 0 Å². The van der Waals surface area contributed by atoms with Crippen LogP contribution in [0.1, 0.15) is 80.8 Å². The molecule has 0 aliphatic carbocycles. The zero-order valence-corrected chi connectivity index (χ0v) is 17.5. The summed E-state index contributed by atoms with van der Waals surface area (Å²) in [5, 5.41) is 8.87. The molecule has 3 aliphatic heterocycles. The van der Waals surface area contributed by atoms with Crippen molar-refractivity contribution in [3.05, 3.63) is 41.1 Å². The van der Waals surface area contributed by atoms with Gasteiger partial charge in [-0.25, -0.2) is 0 Å². The number of aromatic nitrogens is 2. The quantitative estimate of drug-likeness (QED) is 0.762. The van der Waals surface area contributed by atoms with Crippen LogP contribution in [0.4, 0.5) is 0 Å². The lowest BCUT2D eigenvalue weighted by Crippen LogP contribution is -2.33. The van der Waals surface area contributed by atoms with Crippen molar-refractivity contribution in [1.29, 1.82) is 0 Å². The maximum atomic E-state index is 6.19. The molecule has 0 N–H and O–H groups in total. The van der Waals surface area contributed by atoms with Gasteiger partial charge in [-0.15, -0.1) is 10.2 Å². The van der Waals surface area contributed by atoms with E-state index < -0.39 is 0 Å². The lowest BCUT2D eigenvalue weighted by atomic mass is 9.98. The number of benzene rings is 1. The van der Waals surface area contributed by atoms with Gasteiger partial charge in [-0.05, 0) is 63.3 Å². The van der Waals surface area contributed by atoms with Gasteiger partial charge >= 0.3 is 0 Å². The maximum Gasteiger partial charge on any atom is 0.233 e. The van der Waals surface area contributed by atoms with Crippen LogP contribution in [0.25, 0.3) is 0 Å². The van der Waals surface area contributed by atoms with Crippen LogP contribution in [0, 0.1) is 0 Å². The fourth-order valence-electron chi connectivity index (χ4n) is 4.95. The molecule has 4 heterocycles. The molecule has 0 saturated carbocycles. The van der Waals surface area contributed by atoms with Crippen LogP contribution < -0.4 is 4.74 Å². The fraction of sp³-hybridized carbons (Fsp3) is 0.652. The number of ether oxygens (including phenoxy) is 2. The summed E-state index contributed by atoms with van der Waals surface area (Å²) in [5.74, 6) is 2.97. The molecule has 3 aliphatic rings. The van der Waals surface area contributed by atoms with E-state index in [4.69, 9.17) is 13.9 Å². The van der Waals surface area contributed by atoms with E-state index in [-0.39, 0.29) is 11.6 Å². The molecule has 6 nitrogen and oxygen atoms in total. The second-order valence-electron chi connectivity index (χ2n) is 9.33. The van der Waals surface area contributed by atoms with Gasteiger partial charge in [0.2, 0.25) is 11.8 Å². The van der Waals surface area contributed by atoms with E-state index in [1.165, 1.54) is 24.0 Å². The molecular formula is C23H31N3O3. The molecule has 5 rings (SSSR count). The monoisotopic (exact) mass is 397 g/mol. The summed E-state index contributed by atoms with van der Waals surface area (Å²) in [5.41, 5.74) is 2.56. The van der Waals surface area contributed by atoms with Crippen molar-refractivity contribution in [2.24, 2.45) is 0 Å². The second kappa shape index (κ2) is 7.73. The number of piperidine rings is 1. The Morgan fingerprint density at radius 3 is 2.76 bits per heavy atom. The van der Waals surface area contributed by atoms with Gasteiger partial charge < -0.3 is 13.9 Å². The Labute approximate surface area is 172 Å². The lowest BCUT2D eigenvalue weighted by Gasteiger charge is -2.33. The van der Waals surface area contributed by atoms with E-state index in [0.717, 1.165) is 69.5 Å². The standard InChI is InChI=1S/C23H31N3O3/c1-23(2)14-18-13-16(6-7-20(18)29-23)15-26-10-4-3-5-19(26)22-25-24-21(28-22)17-8-11-27-12-9-17/h6-7,13,17,19H,3-5,8-12,14-15H2,1-2H3. The van der Waals surface area contributed by atoms with E-state index in [1.807, 2.05) is 0 Å². The Hall–Kier alpha value is -1.92. The van der Waals surface area contributed by atoms with Crippen molar-refractivity contribution < 1.29 is 13.9 Å². The van der Waals surface area contributed by atoms with Gasteiger partial charge in [0.15, 0.2) is 0 Å². The predicted octanol–water partition coefficient (Wildman–Crippen LogP) is 4.40. The molecule has 156 valence electrons. The van der Waals surface area contributed by atoms with E-state index in [0.29, 0.717) is 5.92 Å². The molecule has 1 unspecified atom stereocenters. The first-order chi connectivity index (χ1) is 14.1. The van der Waals surface area contributed by atoms with Crippen LogP contribution in [-0.2, 0) is 17.7 Å². The largest absolute Gasteiger partial charge is 0.487 e. The van der Waals surface area contributed by atoms with E-state index in [1.54, 1.807) is 0 Å². The summed E-state index contributed by atoms with van der Waals surface area (Å²) in [6, 6.07) is 6.86. The highest BCUT2D eigenvalue weighted by atomic mass is 16.5. The molecule has 0 amide bonds. The highest BCUT2D eigenvalue weighted by Crippen LogP contribution is 2.37. The third kappa shape index (κ3) is 4.05. The summed E-state index contributed by atoms with van der Waals surface area (Å²) < 4.78 is 17.7. The molecule has 6 heteroatoms. The summed E-state index contributed by atoms with van der Waals surface area (Å²) in [6.45, 7) is 7.86. The number of hydrogen-bond acceptors (Lipinski definition) is 6. The third-order valence-corrected chi connectivity index (χ3v) is 6.44. The molecule has 1 aromatic heterocycles. The van der Waals surface area contributed by atoms with Gasteiger partial charge in [0.1, 0.15) is 11.4 Å². The zero-order valence-electron chi connectivity index (χ0n) is 17.5. The highest BCUT2D eigenvalue weighted by Gasteiger charge is 2.32. The molecular weight excluding hydrogens is 366 g/mol. The number of fused-ring (bicyclic) bond motifs is 1. The van der Waals surface area contributed by atoms with E-state index in [2.05, 4.69) is 47.1 Å². The van der Waals surface area contributed by atoms with Crippen LogP contribution in [-0.4, -0.2) is 40.5 Å². The Morgan fingerprint density at radius 2 is 1.90 bits per heavy atom. The average molecular weight is 398 g/mol. The first-order valence-corrected chi connectivity index (χ1v) is 11.0. The summed E-state index contributed by atoms with van der Waals surface area (Å²) in [6.07, 6.45) is 6.43. The number of likely N-dealkylation sites (tertiary alicyclic amines) is 1.